The number of imidazole rings is 1. The molecule has 18 rings (SSSR count). The summed E-state index contributed by atoms with van der Waals surface area (Å²) in [6.07, 6.45) is 31.6. The molecule has 15 aromatic rings. The molecule has 0 saturated carbocycles. The van der Waals surface area contributed by atoms with E-state index >= 15 is 0 Å². The van der Waals surface area contributed by atoms with Crippen molar-refractivity contribution >= 4 is 91.2 Å². The van der Waals surface area contributed by atoms with Gasteiger partial charge in [0.1, 0.15) is 33.6 Å². The summed E-state index contributed by atoms with van der Waals surface area (Å²) in [5, 5.41) is 21.8. The molecule has 36 nitrogen and oxygen atoms in total. The standard InChI is InChI=1S/C31H41N7O.C30H46N6O3.C28H39N9O.C24H32N8O/c1-3-4-5-13-34-30-29-28(35-31(33)36-30)12-14-38(29)18-26-11-10-25(15-22(26)2)17-37-19-27(20-37)39-21-24-8-6-23(16-32)7-9-24;1-4-6-7-11-32-29-28-27(33-30(31)34-29)10-12-36(28)20-25-9-8-24(18-23(25)3)19-35-21-26(22-35)39-17-16-38-15-14-37-13-5-2;1-4-5-6-10-31-27-26-23(33-28(29)34-27)9-12-37(26)19-21-8-7-20(14-25(21)38-3)17-36-13-11-30-16-24(36)22-15-32-35(2)18-22;1-3-4-5-9-27-23-22-20(29-24(26)30-23)8-10-32(22)14-18-7-6-17(11-21(18)33-2)13-31-15-19(12-25)28-16-31/h6-12,14-15,27H,3-5,13,16-21,32H2,1-2H3,(H3,33,34,35,36);8-10,12,18,26H,4-7,11,13-17,19-22H2,1-3H3,(H3,31,32,33,34);7-9,12,14-15,18,24,30H,4-6,10-11,13,16-17,19H2,1-3H3,(H3,29,31,33,34);6-8,10-11,15-16H,3-5,9,12-14,25H2,1-2H3,(H3,26,27,29,30). The zero-order valence-electron chi connectivity index (χ0n) is 89.1. The Bertz CT molecular complexity index is 6700. The number of nitrogen functional groups attached to an aromatic ring is 4. The number of fused-ring (bicyclic) bond motifs is 4. The highest BCUT2D eigenvalue weighted by Crippen LogP contribution is 2.35. The van der Waals surface area contributed by atoms with Crippen LogP contribution in [0, 0.1) is 13.8 Å². The van der Waals surface area contributed by atoms with Crippen LogP contribution >= 0.6 is 0 Å². The number of nitrogens with two attached hydrogens (primary N) is 6. The first-order chi connectivity index (χ1) is 72.7. The normalized spacial score (nSPS) is 14.1. The molecule has 3 aliphatic heterocycles. The molecule has 0 aliphatic carbocycles. The van der Waals surface area contributed by atoms with Gasteiger partial charge in [0.15, 0.2) is 23.3 Å². The number of benzene rings is 5. The van der Waals surface area contributed by atoms with Crippen molar-refractivity contribution in [3.63, 3.8) is 0 Å². The molecular formula is C113H158N30O6. The number of aryl methyl sites for hydroxylation is 3. The second-order valence-electron chi connectivity index (χ2n) is 39.2. The summed E-state index contributed by atoms with van der Waals surface area (Å²) >= 11 is 0. The fourth-order valence-electron chi connectivity index (χ4n) is 19.4. The van der Waals surface area contributed by atoms with Crippen LogP contribution in [0.1, 0.15) is 202 Å². The molecule has 5 aromatic carbocycles. The van der Waals surface area contributed by atoms with Gasteiger partial charge in [0.2, 0.25) is 23.8 Å². The Kier molecular flexibility index (Phi) is 41.1. The monoisotopic (exact) mass is 2030 g/mol. The number of anilines is 8. The zero-order chi connectivity index (χ0) is 104. The van der Waals surface area contributed by atoms with Crippen molar-refractivity contribution < 1.29 is 28.4 Å². The second kappa shape index (κ2) is 55.7. The van der Waals surface area contributed by atoms with Gasteiger partial charge in [-0.05, 0) is 138 Å². The summed E-state index contributed by atoms with van der Waals surface area (Å²) in [6.45, 7) is 36.8. The first-order valence-electron chi connectivity index (χ1n) is 53.4. The number of nitrogens with zero attached hydrogens (tertiary/aromatic N) is 19. The smallest absolute Gasteiger partial charge is 0.222 e. The molecule has 36 heteroatoms. The van der Waals surface area contributed by atoms with Crippen molar-refractivity contribution in [3.8, 4) is 11.5 Å². The minimum atomic E-state index is 0.275. The number of methoxy groups -OCH3 is 2. The summed E-state index contributed by atoms with van der Waals surface area (Å²) in [4.78, 5) is 47.5. The van der Waals surface area contributed by atoms with Gasteiger partial charge in [0.05, 0.1) is 119 Å². The lowest BCUT2D eigenvalue weighted by Crippen LogP contribution is -2.51. The first kappa shape index (κ1) is 110. The topological polar surface area (TPSA) is 440 Å². The SMILES string of the molecule is CCCCCNc1nc(N)nc2ccn(Cc3ccc(CN4CC(OCCOCCOCCC)C4)cc3C)c12.CCCCCNc1nc(N)nc2ccn(Cc3ccc(CN4CC(OCc5ccc(CN)cc5)C4)cc3C)c12.CCCCCNc1nc(N)nc2ccn(Cc3ccc(CN4CCNCC4c4cnn(C)c4)cc3OC)c12.CCCCCNc1nc(N)nc2ccn(Cc3ccc(Cn4cnc(CN)c4)cc3OC)c12. The third kappa shape index (κ3) is 30.9. The van der Waals surface area contributed by atoms with E-state index in [2.05, 4.69) is 274 Å². The molecule has 0 radical (unpaired) electrons. The van der Waals surface area contributed by atoms with Crippen LogP contribution < -0.4 is 70.5 Å². The van der Waals surface area contributed by atoms with Crippen LogP contribution in [-0.2, 0) is 98.0 Å². The van der Waals surface area contributed by atoms with Crippen LogP contribution in [0.5, 0.6) is 11.5 Å². The highest BCUT2D eigenvalue weighted by atomic mass is 16.5. The Hall–Kier alpha value is -13.4. The van der Waals surface area contributed by atoms with Gasteiger partial charge < -0.3 is 112 Å². The molecule has 3 aliphatic rings. The van der Waals surface area contributed by atoms with Crippen LogP contribution in [0.15, 0.2) is 171 Å². The van der Waals surface area contributed by atoms with E-state index in [1.807, 2.05) is 65.3 Å². The van der Waals surface area contributed by atoms with E-state index in [0.29, 0.717) is 95.9 Å². The highest BCUT2D eigenvalue weighted by molar-refractivity contribution is 5.90. The molecule has 13 heterocycles. The van der Waals surface area contributed by atoms with E-state index < -0.39 is 0 Å². The molecule has 3 fully saturated rings. The predicted molar refractivity (Wildman–Crippen MR) is 598 cm³/mol. The van der Waals surface area contributed by atoms with Crippen molar-refractivity contribution in [1.82, 2.24) is 97.5 Å². The number of nitrogens with one attached hydrogen (secondary N) is 5. The molecular weight excluding hydrogens is 1870 g/mol. The predicted octanol–water partition coefficient (Wildman–Crippen LogP) is 16.4. The maximum atomic E-state index is 6.10. The average molecular weight is 2030 g/mol. The molecule has 796 valence electrons. The fourth-order valence-corrected chi connectivity index (χ4v) is 19.4. The van der Waals surface area contributed by atoms with Gasteiger partial charge in [0.25, 0.3) is 0 Å². The summed E-state index contributed by atoms with van der Waals surface area (Å²) < 4.78 is 47.2. The van der Waals surface area contributed by atoms with E-state index in [-0.39, 0.29) is 11.9 Å². The van der Waals surface area contributed by atoms with Crippen molar-refractivity contribution in [3.05, 3.63) is 249 Å². The van der Waals surface area contributed by atoms with Crippen molar-refractivity contribution in [2.75, 3.05) is 163 Å². The number of hydrogen-bond acceptors (Lipinski definition) is 30. The number of rotatable bonds is 53. The minimum Gasteiger partial charge on any atom is -0.496 e. The molecule has 1 unspecified atom stereocenters. The second-order valence-corrected chi connectivity index (χ2v) is 39.2. The number of aromatic nitrogens is 16. The quantitative estimate of drug-likeness (QED) is 0.0158. The maximum absolute atomic E-state index is 6.10. The minimum absolute atomic E-state index is 0.275. The van der Waals surface area contributed by atoms with E-state index in [0.717, 1.165) is 250 Å². The highest BCUT2D eigenvalue weighted by Gasteiger charge is 2.31. The van der Waals surface area contributed by atoms with Gasteiger partial charge >= 0.3 is 0 Å². The molecule has 17 N–H and O–H groups in total. The average Bonchev–Trinajstić information content (AvgIpc) is 1.66. The number of likely N-dealkylation sites (tertiary alicyclic amines) is 2. The molecule has 3 saturated heterocycles. The Labute approximate surface area is 877 Å². The Balaban J connectivity index is 0.000000149. The fraction of sp³-hybridized carbons (Fsp3) is 0.469. The molecule has 0 bridgehead atoms. The van der Waals surface area contributed by atoms with Crippen LogP contribution in [0.2, 0.25) is 0 Å². The van der Waals surface area contributed by atoms with Gasteiger partial charge in [-0.2, -0.15) is 25.0 Å². The Morgan fingerprint density at radius 1 is 0.403 bits per heavy atom. The summed E-state index contributed by atoms with van der Waals surface area (Å²) in [6, 6.07) is 43.1. The van der Waals surface area contributed by atoms with Gasteiger partial charge in [-0.25, -0.2) is 24.9 Å². The number of ether oxygens (including phenoxy) is 6. The lowest BCUT2D eigenvalue weighted by atomic mass is 10.0. The van der Waals surface area contributed by atoms with Gasteiger partial charge in [-0.3, -0.25) is 19.4 Å². The molecule has 149 heavy (non-hydrogen) atoms. The summed E-state index contributed by atoms with van der Waals surface area (Å²) in [7, 11) is 5.41. The third-order valence-electron chi connectivity index (χ3n) is 27.5. The zero-order valence-corrected chi connectivity index (χ0v) is 89.1. The Morgan fingerprint density at radius 2 is 0.799 bits per heavy atom. The summed E-state index contributed by atoms with van der Waals surface area (Å²) in [5.41, 5.74) is 59.4. The third-order valence-corrected chi connectivity index (χ3v) is 27.5. The van der Waals surface area contributed by atoms with Crippen LogP contribution in [-0.4, -0.2) is 224 Å². The Morgan fingerprint density at radius 3 is 1.19 bits per heavy atom. The summed E-state index contributed by atoms with van der Waals surface area (Å²) in [5.74, 6) is 6.07. The van der Waals surface area contributed by atoms with E-state index in [9.17, 15) is 0 Å². The molecule has 0 spiro atoms. The van der Waals surface area contributed by atoms with E-state index in [1.165, 1.54) is 101 Å². The number of hydrogen-bond donors (Lipinski definition) is 11. The molecule has 1 atom stereocenters. The van der Waals surface area contributed by atoms with E-state index in [1.54, 1.807) is 20.5 Å². The van der Waals surface area contributed by atoms with Crippen molar-refractivity contribution in [2.24, 2.45) is 18.5 Å². The van der Waals surface area contributed by atoms with Crippen LogP contribution in [0.25, 0.3) is 44.1 Å². The number of piperazine rings is 1. The van der Waals surface area contributed by atoms with Gasteiger partial charge in [0, 0.05) is 192 Å². The van der Waals surface area contributed by atoms with Crippen LogP contribution in [0.3, 0.4) is 0 Å². The van der Waals surface area contributed by atoms with E-state index in [4.69, 9.17) is 62.8 Å². The van der Waals surface area contributed by atoms with Crippen molar-refractivity contribution in [1.29, 1.82) is 0 Å². The van der Waals surface area contributed by atoms with Crippen molar-refractivity contribution in [2.45, 2.75) is 222 Å². The van der Waals surface area contributed by atoms with Gasteiger partial charge in [-0.15, -0.1) is 0 Å². The van der Waals surface area contributed by atoms with Crippen LogP contribution in [0.4, 0.5) is 47.1 Å². The lowest BCUT2D eigenvalue weighted by molar-refractivity contribution is -0.0764. The molecule has 10 aromatic heterocycles. The largest absolute Gasteiger partial charge is 0.496 e. The molecule has 0 amide bonds. The first-order valence-corrected chi connectivity index (χ1v) is 53.4. The lowest BCUT2D eigenvalue weighted by Gasteiger charge is -2.39. The number of unbranched alkanes of at least 4 members (excludes halogenated alkanes) is 8. The van der Waals surface area contributed by atoms with Gasteiger partial charge in [-0.1, -0.05) is 171 Å². The maximum Gasteiger partial charge on any atom is 0.222 e.